The number of nitrogens with one attached hydrogen (secondary N) is 1. The Morgan fingerprint density at radius 1 is 1.00 bits per heavy atom. The van der Waals surface area contributed by atoms with Gasteiger partial charge >= 0.3 is 0 Å². The van der Waals surface area contributed by atoms with Gasteiger partial charge in [-0.15, -0.1) is 0 Å². The van der Waals surface area contributed by atoms with Crippen molar-refractivity contribution < 1.29 is 13.2 Å². The summed E-state index contributed by atoms with van der Waals surface area (Å²) in [5.41, 5.74) is 0.287. The second-order valence-corrected chi connectivity index (χ2v) is 5.63. The van der Waals surface area contributed by atoms with E-state index in [9.17, 15) is 13.2 Å². The third-order valence-electron chi connectivity index (χ3n) is 3.39. The lowest BCUT2D eigenvalue weighted by atomic mass is 9.83. The average molecular weight is 273 g/mol. The minimum atomic E-state index is -1.13. The van der Waals surface area contributed by atoms with Crippen LogP contribution >= 0.6 is 0 Å². The Morgan fingerprint density at radius 3 is 2.26 bits per heavy atom. The summed E-state index contributed by atoms with van der Waals surface area (Å²) in [5.74, 6) is -2.78. The first kappa shape index (κ1) is 16.0. The quantitative estimate of drug-likeness (QED) is 0.583. The summed E-state index contributed by atoms with van der Waals surface area (Å²) >= 11 is 0. The van der Waals surface area contributed by atoms with Crippen molar-refractivity contribution in [3.05, 3.63) is 35.1 Å². The molecule has 0 unspecified atom stereocenters. The van der Waals surface area contributed by atoms with Gasteiger partial charge in [-0.1, -0.05) is 20.8 Å². The van der Waals surface area contributed by atoms with E-state index in [1.165, 1.54) is 0 Å². The summed E-state index contributed by atoms with van der Waals surface area (Å²) in [6, 6.07) is 1.58. The number of benzene rings is 1. The highest BCUT2D eigenvalue weighted by atomic mass is 19.2. The van der Waals surface area contributed by atoms with Crippen molar-refractivity contribution in [2.24, 2.45) is 5.41 Å². The summed E-state index contributed by atoms with van der Waals surface area (Å²) in [6.45, 7) is 8.07. The topological polar surface area (TPSA) is 12.0 Å². The van der Waals surface area contributed by atoms with Crippen molar-refractivity contribution in [3.63, 3.8) is 0 Å². The van der Waals surface area contributed by atoms with Gasteiger partial charge in [0.2, 0.25) is 0 Å². The predicted octanol–water partition coefficient (Wildman–Crippen LogP) is 4.06. The molecule has 1 rings (SSSR count). The highest BCUT2D eigenvalue weighted by molar-refractivity contribution is 5.20. The SMILES string of the molecule is CCNCCC(C)(C)CCc1cc(F)c(F)cc1F. The molecule has 1 N–H and O–H groups in total. The van der Waals surface area contributed by atoms with Crippen molar-refractivity contribution in [1.82, 2.24) is 5.32 Å². The Kier molecular flexibility index (Phi) is 5.85. The Labute approximate surface area is 113 Å². The smallest absolute Gasteiger partial charge is 0.161 e. The molecule has 0 spiro atoms. The monoisotopic (exact) mass is 273 g/mol. The van der Waals surface area contributed by atoms with Crippen molar-refractivity contribution in [2.45, 2.75) is 40.0 Å². The summed E-state index contributed by atoms with van der Waals surface area (Å²) in [6.07, 6.45) is 2.12. The van der Waals surface area contributed by atoms with Crippen LogP contribution in [0.2, 0.25) is 0 Å². The lowest BCUT2D eigenvalue weighted by Crippen LogP contribution is -2.22. The first-order valence-corrected chi connectivity index (χ1v) is 6.70. The molecule has 0 saturated carbocycles. The van der Waals surface area contributed by atoms with Gasteiger partial charge in [-0.05, 0) is 49.4 Å². The molecule has 0 fully saturated rings. The third-order valence-corrected chi connectivity index (χ3v) is 3.39. The molecule has 0 aromatic heterocycles. The van der Waals surface area contributed by atoms with Crippen LogP contribution in [-0.2, 0) is 6.42 Å². The Hall–Kier alpha value is -1.03. The van der Waals surface area contributed by atoms with Gasteiger partial charge in [0.1, 0.15) is 5.82 Å². The predicted molar refractivity (Wildman–Crippen MR) is 71.6 cm³/mol. The Balaban J connectivity index is 2.58. The molecule has 0 amide bonds. The second kappa shape index (κ2) is 6.94. The average Bonchev–Trinajstić information content (AvgIpc) is 2.32. The molecule has 4 heteroatoms. The molecule has 108 valence electrons. The maximum absolute atomic E-state index is 13.5. The zero-order valence-corrected chi connectivity index (χ0v) is 11.8. The minimum absolute atomic E-state index is 0.0411. The highest BCUT2D eigenvalue weighted by Crippen LogP contribution is 2.27. The van der Waals surface area contributed by atoms with E-state index in [0.29, 0.717) is 12.5 Å². The second-order valence-electron chi connectivity index (χ2n) is 5.63. The number of aryl methyl sites for hydroxylation is 1. The normalized spacial score (nSPS) is 11.9. The summed E-state index contributed by atoms with van der Waals surface area (Å²) < 4.78 is 39.4. The third kappa shape index (κ3) is 5.23. The van der Waals surface area contributed by atoms with Gasteiger partial charge in [0.25, 0.3) is 0 Å². The molecule has 0 atom stereocenters. The van der Waals surface area contributed by atoms with Crippen LogP contribution in [0, 0.1) is 22.9 Å². The molecular formula is C15H22F3N. The van der Waals surface area contributed by atoms with E-state index in [1.807, 2.05) is 6.92 Å². The molecule has 0 aliphatic heterocycles. The summed E-state index contributed by atoms with van der Waals surface area (Å²) in [5, 5.41) is 3.25. The highest BCUT2D eigenvalue weighted by Gasteiger charge is 2.19. The van der Waals surface area contributed by atoms with E-state index in [1.54, 1.807) is 0 Å². The van der Waals surface area contributed by atoms with Crippen LogP contribution in [0.4, 0.5) is 13.2 Å². The first-order chi connectivity index (χ1) is 8.85. The molecule has 0 heterocycles. The van der Waals surface area contributed by atoms with Crippen LogP contribution in [0.15, 0.2) is 12.1 Å². The maximum atomic E-state index is 13.5. The van der Waals surface area contributed by atoms with E-state index in [2.05, 4.69) is 19.2 Å². The summed E-state index contributed by atoms with van der Waals surface area (Å²) in [4.78, 5) is 0. The van der Waals surface area contributed by atoms with Crippen LogP contribution in [0.1, 0.15) is 39.2 Å². The van der Waals surface area contributed by atoms with Gasteiger partial charge in [-0.2, -0.15) is 0 Å². The lowest BCUT2D eigenvalue weighted by molar-refractivity contribution is 0.301. The molecular weight excluding hydrogens is 251 g/mol. The molecule has 0 saturated heterocycles. The van der Waals surface area contributed by atoms with E-state index in [0.717, 1.165) is 32.0 Å². The van der Waals surface area contributed by atoms with Gasteiger partial charge in [0, 0.05) is 6.07 Å². The molecule has 0 radical (unpaired) electrons. The molecule has 1 nitrogen and oxygen atoms in total. The molecule has 0 aliphatic carbocycles. The molecule has 0 bridgehead atoms. The number of halogens is 3. The number of hydrogen-bond donors (Lipinski definition) is 1. The largest absolute Gasteiger partial charge is 0.317 e. The van der Waals surface area contributed by atoms with E-state index in [4.69, 9.17) is 0 Å². The molecule has 19 heavy (non-hydrogen) atoms. The molecule has 1 aromatic rings. The molecule has 0 aliphatic rings. The van der Waals surface area contributed by atoms with Crippen LogP contribution in [0.3, 0.4) is 0 Å². The van der Waals surface area contributed by atoms with Gasteiger partial charge in [-0.3, -0.25) is 0 Å². The standard InChI is InChI=1S/C15H22F3N/c1-4-19-8-7-15(2,3)6-5-11-9-13(17)14(18)10-12(11)16/h9-10,19H,4-8H2,1-3H3. The van der Waals surface area contributed by atoms with Crippen molar-refractivity contribution in [3.8, 4) is 0 Å². The maximum Gasteiger partial charge on any atom is 0.161 e. The summed E-state index contributed by atoms with van der Waals surface area (Å²) in [7, 11) is 0. The van der Waals surface area contributed by atoms with Crippen LogP contribution < -0.4 is 5.32 Å². The Morgan fingerprint density at radius 2 is 1.63 bits per heavy atom. The first-order valence-electron chi connectivity index (χ1n) is 6.70. The van der Waals surface area contributed by atoms with Gasteiger partial charge in [-0.25, -0.2) is 13.2 Å². The Bertz CT molecular complexity index is 416. The zero-order valence-electron chi connectivity index (χ0n) is 11.8. The van der Waals surface area contributed by atoms with Gasteiger partial charge < -0.3 is 5.32 Å². The van der Waals surface area contributed by atoms with E-state index < -0.39 is 17.5 Å². The minimum Gasteiger partial charge on any atom is -0.317 e. The van der Waals surface area contributed by atoms with Crippen LogP contribution in [0.5, 0.6) is 0 Å². The fourth-order valence-corrected chi connectivity index (χ4v) is 1.96. The van der Waals surface area contributed by atoms with Crippen LogP contribution in [0.25, 0.3) is 0 Å². The van der Waals surface area contributed by atoms with Gasteiger partial charge in [0.15, 0.2) is 11.6 Å². The van der Waals surface area contributed by atoms with Crippen molar-refractivity contribution in [1.29, 1.82) is 0 Å². The van der Waals surface area contributed by atoms with E-state index in [-0.39, 0.29) is 11.0 Å². The molecule has 1 aromatic carbocycles. The van der Waals surface area contributed by atoms with Crippen molar-refractivity contribution >= 4 is 0 Å². The fraction of sp³-hybridized carbons (Fsp3) is 0.600. The van der Waals surface area contributed by atoms with Gasteiger partial charge in [0.05, 0.1) is 0 Å². The number of hydrogen-bond acceptors (Lipinski definition) is 1. The van der Waals surface area contributed by atoms with Crippen LogP contribution in [-0.4, -0.2) is 13.1 Å². The zero-order chi connectivity index (χ0) is 14.5. The number of rotatable bonds is 7. The fourth-order valence-electron chi connectivity index (χ4n) is 1.96. The van der Waals surface area contributed by atoms with Crippen molar-refractivity contribution in [2.75, 3.05) is 13.1 Å². The van der Waals surface area contributed by atoms with E-state index >= 15 is 0 Å². The lowest BCUT2D eigenvalue weighted by Gasteiger charge is -2.24.